The zero-order valence-electron chi connectivity index (χ0n) is 16.7. The van der Waals surface area contributed by atoms with Gasteiger partial charge >= 0.3 is 0 Å². The van der Waals surface area contributed by atoms with Crippen LogP contribution in [0.5, 0.6) is 0 Å². The van der Waals surface area contributed by atoms with E-state index < -0.39 is 0 Å². The van der Waals surface area contributed by atoms with E-state index in [1.165, 1.54) is 11.3 Å². The molecule has 1 aromatic carbocycles. The molecule has 0 saturated heterocycles. The van der Waals surface area contributed by atoms with Crippen molar-refractivity contribution in [3.63, 3.8) is 0 Å². The number of amides is 2. The molecule has 1 atom stereocenters. The molecule has 4 N–H and O–H groups in total. The fourth-order valence-electron chi connectivity index (χ4n) is 2.73. The highest BCUT2D eigenvalue weighted by molar-refractivity contribution is 8.29. The fraction of sp³-hybridized carbons (Fsp3) is 0.300. The molecule has 0 aliphatic carbocycles. The summed E-state index contributed by atoms with van der Waals surface area (Å²) in [6, 6.07) is 9.07. The van der Waals surface area contributed by atoms with E-state index in [9.17, 15) is 9.59 Å². The third kappa shape index (κ3) is 4.85. The maximum atomic E-state index is 12.6. The Hall–Kier alpha value is -2.23. The zero-order chi connectivity index (χ0) is 21.3. The third-order valence-corrected chi connectivity index (χ3v) is 8.88. The van der Waals surface area contributed by atoms with Gasteiger partial charge in [0, 0.05) is 34.9 Å². The fourth-order valence-corrected chi connectivity index (χ4v) is 4.14. The van der Waals surface area contributed by atoms with Crippen LogP contribution in [0.2, 0.25) is 0 Å². The van der Waals surface area contributed by atoms with E-state index in [1.807, 2.05) is 30.5 Å². The number of thiophene rings is 1. The maximum absolute atomic E-state index is 12.6. The van der Waals surface area contributed by atoms with Gasteiger partial charge in [-0.3, -0.25) is 9.59 Å². The number of nitrogen functional groups attached to an aromatic ring is 1. The Balaban J connectivity index is 1.74. The molecule has 2 aromatic heterocycles. The first-order valence-corrected chi connectivity index (χ1v) is 12.3. The van der Waals surface area contributed by atoms with Crippen molar-refractivity contribution in [2.45, 2.75) is 18.6 Å². The number of rotatable bonds is 6. The second-order valence-corrected chi connectivity index (χ2v) is 12.1. The Morgan fingerprint density at radius 1 is 1.24 bits per heavy atom. The van der Waals surface area contributed by atoms with Gasteiger partial charge in [-0.2, -0.15) is 0 Å². The standard InChI is InChI=1S/C20H24N4O2S3/c1-20(2,29(4)27)11-22-19(26)17-8-12-7-14(5-6-16(12)28-17)23-18(25)15-9-13(21)10-24(15)3/h5-10H,11,21H2,1-4H3,(H,22,26)(H,23,25). The lowest BCUT2D eigenvalue weighted by Crippen LogP contribution is -2.40. The van der Waals surface area contributed by atoms with E-state index in [0.717, 1.165) is 10.1 Å². The number of benzene rings is 1. The maximum Gasteiger partial charge on any atom is 0.272 e. The minimum absolute atomic E-state index is 0.107. The van der Waals surface area contributed by atoms with E-state index in [1.54, 1.807) is 23.9 Å². The minimum atomic E-state index is -0.238. The number of aromatic nitrogens is 1. The average Bonchev–Trinajstić information content (AvgIpc) is 3.21. The first-order chi connectivity index (χ1) is 13.6. The molecule has 0 saturated carbocycles. The quantitative estimate of drug-likeness (QED) is 0.540. The van der Waals surface area contributed by atoms with Crippen molar-refractivity contribution in [3.8, 4) is 0 Å². The topological polar surface area (TPSA) is 89.2 Å². The largest absolute Gasteiger partial charge is 0.397 e. The molecule has 3 rings (SSSR count). The van der Waals surface area contributed by atoms with Gasteiger partial charge in [-0.1, -0.05) is 11.2 Å². The van der Waals surface area contributed by atoms with E-state index >= 15 is 0 Å². The molecule has 29 heavy (non-hydrogen) atoms. The molecule has 0 fully saturated rings. The molecule has 0 radical (unpaired) electrons. The van der Waals surface area contributed by atoms with Gasteiger partial charge in [-0.15, -0.1) is 20.8 Å². The van der Waals surface area contributed by atoms with Gasteiger partial charge in [-0.25, -0.2) is 0 Å². The van der Waals surface area contributed by atoms with Crippen molar-refractivity contribution in [1.82, 2.24) is 9.88 Å². The summed E-state index contributed by atoms with van der Waals surface area (Å²) in [5.74, 6) is -0.345. The summed E-state index contributed by atoms with van der Waals surface area (Å²) in [7, 11) is 1.55. The average molecular weight is 449 g/mol. The molecular weight excluding hydrogens is 424 g/mol. The Kier molecular flexibility index (Phi) is 6.11. The van der Waals surface area contributed by atoms with Crippen LogP contribution in [0, 0.1) is 0 Å². The molecular formula is C20H24N4O2S3. The van der Waals surface area contributed by atoms with Gasteiger partial charge in [0.25, 0.3) is 11.8 Å². The number of anilines is 2. The van der Waals surface area contributed by atoms with Gasteiger partial charge in [0.05, 0.1) is 10.6 Å². The van der Waals surface area contributed by atoms with Gasteiger partial charge in [-0.05, 0) is 55.8 Å². The summed E-state index contributed by atoms with van der Waals surface area (Å²) >= 11 is 6.79. The van der Waals surface area contributed by atoms with Gasteiger partial charge in [0.1, 0.15) is 5.69 Å². The van der Waals surface area contributed by atoms with Crippen LogP contribution in [-0.2, 0) is 27.7 Å². The van der Waals surface area contributed by atoms with Crippen LogP contribution in [0.15, 0.2) is 36.5 Å². The molecule has 0 aliphatic rings. The van der Waals surface area contributed by atoms with Crippen LogP contribution in [0.25, 0.3) is 10.1 Å². The predicted octanol–water partition coefficient (Wildman–Crippen LogP) is 3.29. The van der Waals surface area contributed by atoms with E-state index in [-0.39, 0.29) is 26.0 Å². The molecule has 0 spiro atoms. The normalized spacial score (nSPS) is 12.7. The lowest BCUT2D eigenvalue weighted by Gasteiger charge is -2.24. The molecule has 1 unspecified atom stereocenters. The number of hydrogen-bond acceptors (Lipinski definition) is 5. The van der Waals surface area contributed by atoms with Crippen molar-refractivity contribution in [2.75, 3.05) is 23.9 Å². The number of carbonyl (C=O) groups excluding carboxylic acids is 2. The number of hydrogen-bond donors (Lipinski definition) is 3. The molecule has 2 heterocycles. The summed E-state index contributed by atoms with van der Waals surface area (Å²) in [5, 5.41) is 6.77. The summed E-state index contributed by atoms with van der Waals surface area (Å²) in [6.07, 6.45) is 3.69. The Morgan fingerprint density at radius 3 is 2.59 bits per heavy atom. The molecule has 0 aliphatic heterocycles. The second kappa shape index (κ2) is 8.25. The molecule has 0 bridgehead atoms. The molecule has 6 nitrogen and oxygen atoms in total. The lowest BCUT2D eigenvalue weighted by molar-refractivity contribution is 0.0954. The zero-order valence-corrected chi connectivity index (χ0v) is 19.2. The summed E-state index contributed by atoms with van der Waals surface area (Å²) < 4.78 is 2.54. The van der Waals surface area contributed by atoms with E-state index in [4.69, 9.17) is 16.9 Å². The Morgan fingerprint density at radius 2 is 1.97 bits per heavy atom. The highest BCUT2D eigenvalue weighted by Gasteiger charge is 2.21. The first kappa shape index (κ1) is 21.5. The molecule has 9 heteroatoms. The number of aryl methyl sites for hydroxylation is 1. The van der Waals surface area contributed by atoms with Crippen LogP contribution in [-0.4, -0.2) is 33.9 Å². The SMILES string of the molecule is Cn1cc(N)cc1C(=O)Nc1ccc2sc(C(=O)NCC(C)(C)S(C)=S)cc2c1. The van der Waals surface area contributed by atoms with Crippen LogP contribution >= 0.6 is 11.3 Å². The number of fused-ring (bicyclic) bond motifs is 1. The highest BCUT2D eigenvalue weighted by Crippen LogP contribution is 2.28. The predicted molar refractivity (Wildman–Crippen MR) is 127 cm³/mol. The Bertz CT molecular complexity index is 1110. The van der Waals surface area contributed by atoms with Crippen molar-refractivity contribution >= 4 is 65.3 Å². The summed E-state index contributed by atoms with van der Waals surface area (Å²) in [6.45, 7) is 4.65. The first-order valence-electron chi connectivity index (χ1n) is 8.95. The summed E-state index contributed by atoms with van der Waals surface area (Å²) in [4.78, 5) is 25.7. The van der Waals surface area contributed by atoms with Crippen molar-refractivity contribution < 1.29 is 9.59 Å². The van der Waals surface area contributed by atoms with Crippen molar-refractivity contribution in [3.05, 3.63) is 47.1 Å². The second-order valence-electron chi connectivity index (χ2n) is 7.48. The molecule has 2 amide bonds. The molecule has 154 valence electrons. The number of nitrogens with zero attached hydrogens (tertiary/aromatic N) is 1. The molecule has 3 aromatic rings. The van der Waals surface area contributed by atoms with Gasteiger partial charge in [0.2, 0.25) is 0 Å². The Labute approximate surface area is 181 Å². The highest BCUT2D eigenvalue weighted by atomic mass is 32.8. The smallest absolute Gasteiger partial charge is 0.272 e. The number of nitrogens with two attached hydrogens (primary N) is 1. The lowest BCUT2D eigenvalue weighted by atomic mass is 10.2. The monoisotopic (exact) mass is 448 g/mol. The van der Waals surface area contributed by atoms with E-state index in [0.29, 0.717) is 28.5 Å². The van der Waals surface area contributed by atoms with Crippen molar-refractivity contribution in [2.24, 2.45) is 7.05 Å². The van der Waals surface area contributed by atoms with Gasteiger partial charge in [0.15, 0.2) is 0 Å². The summed E-state index contributed by atoms with van der Waals surface area (Å²) in [5.41, 5.74) is 7.42. The van der Waals surface area contributed by atoms with Gasteiger partial charge < -0.3 is 20.9 Å². The third-order valence-electron chi connectivity index (χ3n) is 4.71. The number of carbonyl (C=O) groups is 2. The van der Waals surface area contributed by atoms with Crippen LogP contribution in [0.4, 0.5) is 11.4 Å². The van der Waals surface area contributed by atoms with Crippen LogP contribution < -0.4 is 16.4 Å². The van der Waals surface area contributed by atoms with Crippen LogP contribution in [0.1, 0.15) is 34.0 Å². The van der Waals surface area contributed by atoms with E-state index in [2.05, 4.69) is 24.5 Å². The van der Waals surface area contributed by atoms with Crippen molar-refractivity contribution in [1.29, 1.82) is 0 Å². The number of nitrogens with one attached hydrogen (secondary N) is 2. The minimum Gasteiger partial charge on any atom is -0.397 e. The van der Waals surface area contributed by atoms with Crippen LogP contribution in [0.3, 0.4) is 0 Å².